The molecular weight excluding hydrogens is 176 g/mol. The van der Waals surface area contributed by atoms with Crippen LogP contribution in [0.25, 0.3) is 0 Å². The average Bonchev–Trinajstić information content (AvgIpc) is 2.56. The molecule has 1 heterocycles. The van der Waals surface area contributed by atoms with Crippen LogP contribution in [0, 0.1) is 5.92 Å². The number of hydrogen-bond donors (Lipinski definition) is 1. The fourth-order valence-electron chi connectivity index (χ4n) is 1.28. The normalized spacial score (nSPS) is 25.3. The highest BCUT2D eigenvalue weighted by molar-refractivity contribution is 7.99. The maximum Gasteiger partial charge on any atom is 0.308 e. The summed E-state index contributed by atoms with van der Waals surface area (Å²) in [7, 11) is 1.35. The molecule has 0 spiro atoms. The molecule has 1 rings (SSSR count). The maximum absolute atomic E-state index is 10.8. The quantitative estimate of drug-likeness (QED) is 0.664. The molecule has 1 fully saturated rings. The minimum Gasteiger partial charge on any atom is -0.469 e. The van der Waals surface area contributed by atoms with Gasteiger partial charge in [-0.2, -0.15) is 11.8 Å². The Bertz CT molecular complexity index is 154. The second kappa shape index (κ2) is 4.72. The number of thioether (sulfide) groups is 1. The van der Waals surface area contributed by atoms with Crippen molar-refractivity contribution in [3.05, 3.63) is 0 Å². The smallest absolute Gasteiger partial charge is 0.308 e. The standard InChI is InChI=1S/C8H14O3S/c1-11-8(10)4-7(9)6-2-3-12-5-6/h6-7,9H,2-5H2,1H3. The summed E-state index contributed by atoms with van der Waals surface area (Å²) in [5, 5.41) is 9.54. The van der Waals surface area contributed by atoms with E-state index in [1.165, 1.54) is 7.11 Å². The van der Waals surface area contributed by atoms with Crippen LogP contribution in [0.3, 0.4) is 0 Å². The van der Waals surface area contributed by atoms with Gasteiger partial charge in [-0.1, -0.05) is 0 Å². The Morgan fingerprint density at radius 3 is 3.08 bits per heavy atom. The van der Waals surface area contributed by atoms with Gasteiger partial charge in [-0.25, -0.2) is 0 Å². The van der Waals surface area contributed by atoms with Gasteiger partial charge in [-0.3, -0.25) is 4.79 Å². The monoisotopic (exact) mass is 190 g/mol. The molecule has 0 aromatic rings. The highest BCUT2D eigenvalue weighted by atomic mass is 32.2. The molecule has 2 atom stereocenters. The largest absolute Gasteiger partial charge is 0.469 e. The lowest BCUT2D eigenvalue weighted by atomic mass is 9.99. The predicted octanol–water partition coefficient (Wildman–Crippen LogP) is 0.663. The van der Waals surface area contributed by atoms with Crippen molar-refractivity contribution in [1.29, 1.82) is 0 Å². The van der Waals surface area contributed by atoms with E-state index in [0.717, 1.165) is 17.9 Å². The van der Waals surface area contributed by atoms with E-state index in [0.29, 0.717) is 0 Å². The fraction of sp³-hybridized carbons (Fsp3) is 0.875. The second-order valence-electron chi connectivity index (χ2n) is 2.97. The molecule has 1 saturated heterocycles. The molecule has 70 valence electrons. The van der Waals surface area contributed by atoms with Crippen molar-refractivity contribution in [3.8, 4) is 0 Å². The average molecular weight is 190 g/mol. The van der Waals surface area contributed by atoms with Crippen LogP contribution in [0.4, 0.5) is 0 Å². The second-order valence-corrected chi connectivity index (χ2v) is 4.12. The van der Waals surface area contributed by atoms with Gasteiger partial charge < -0.3 is 9.84 Å². The van der Waals surface area contributed by atoms with E-state index in [1.54, 1.807) is 0 Å². The lowest BCUT2D eigenvalue weighted by Gasteiger charge is -2.14. The number of aliphatic hydroxyl groups is 1. The summed E-state index contributed by atoms with van der Waals surface area (Å²) in [4.78, 5) is 10.8. The zero-order valence-corrected chi connectivity index (χ0v) is 7.97. The molecule has 0 aromatic carbocycles. The number of rotatable bonds is 3. The topological polar surface area (TPSA) is 46.5 Å². The molecule has 0 saturated carbocycles. The Morgan fingerprint density at radius 1 is 1.83 bits per heavy atom. The number of carbonyl (C=O) groups excluding carboxylic acids is 1. The SMILES string of the molecule is COC(=O)CC(O)C1CCSC1. The molecule has 0 amide bonds. The van der Waals surface area contributed by atoms with Gasteiger partial charge in [0.05, 0.1) is 19.6 Å². The Morgan fingerprint density at radius 2 is 2.58 bits per heavy atom. The van der Waals surface area contributed by atoms with Crippen LogP contribution in [-0.2, 0) is 9.53 Å². The third-order valence-electron chi connectivity index (χ3n) is 2.11. The molecule has 12 heavy (non-hydrogen) atoms. The number of methoxy groups -OCH3 is 1. The van der Waals surface area contributed by atoms with E-state index < -0.39 is 6.10 Å². The fourth-order valence-corrected chi connectivity index (χ4v) is 2.60. The van der Waals surface area contributed by atoms with E-state index >= 15 is 0 Å². The molecule has 1 aliphatic rings. The Labute approximate surface area is 76.5 Å². The molecule has 0 bridgehead atoms. The minimum absolute atomic E-state index is 0.141. The van der Waals surface area contributed by atoms with Crippen LogP contribution >= 0.6 is 11.8 Å². The van der Waals surface area contributed by atoms with Crippen LogP contribution in [0.2, 0.25) is 0 Å². The van der Waals surface area contributed by atoms with E-state index in [9.17, 15) is 9.90 Å². The van der Waals surface area contributed by atoms with Crippen molar-refractivity contribution in [2.24, 2.45) is 5.92 Å². The summed E-state index contributed by atoms with van der Waals surface area (Å²) in [6.07, 6.45) is 0.650. The third kappa shape index (κ3) is 2.68. The molecule has 1 aliphatic heterocycles. The van der Waals surface area contributed by atoms with Crippen molar-refractivity contribution in [2.75, 3.05) is 18.6 Å². The lowest BCUT2D eigenvalue weighted by Crippen LogP contribution is -2.23. The summed E-state index contributed by atoms with van der Waals surface area (Å²) in [5.41, 5.74) is 0. The summed E-state index contributed by atoms with van der Waals surface area (Å²) in [6, 6.07) is 0. The van der Waals surface area contributed by atoms with Gasteiger partial charge in [-0.05, 0) is 23.8 Å². The van der Waals surface area contributed by atoms with E-state index in [2.05, 4.69) is 4.74 Å². The first-order valence-corrected chi connectivity index (χ1v) is 5.22. The first kappa shape index (κ1) is 9.86. The van der Waals surface area contributed by atoms with Gasteiger partial charge in [0.2, 0.25) is 0 Å². The summed E-state index contributed by atoms with van der Waals surface area (Å²) < 4.78 is 4.47. The van der Waals surface area contributed by atoms with Crippen molar-refractivity contribution >= 4 is 17.7 Å². The number of aliphatic hydroxyl groups excluding tert-OH is 1. The van der Waals surface area contributed by atoms with E-state index in [1.807, 2.05) is 11.8 Å². The molecular formula is C8H14O3S. The summed E-state index contributed by atoms with van der Waals surface area (Å²) in [5.74, 6) is 2.04. The first-order valence-electron chi connectivity index (χ1n) is 4.06. The first-order chi connectivity index (χ1) is 5.74. The minimum atomic E-state index is -0.507. The number of hydrogen-bond acceptors (Lipinski definition) is 4. The summed E-state index contributed by atoms with van der Waals surface area (Å²) in [6.45, 7) is 0. The summed E-state index contributed by atoms with van der Waals surface area (Å²) >= 11 is 1.83. The van der Waals surface area contributed by atoms with Gasteiger partial charge in [0, 0.05) is 0 Å². The molecule has 4 heteroatoms. The van der Waals surface area contributed by atoms with Crippen molar-refractivity contribution in [1.82, 2.24) is 0 Å². The van der Waals surface area contributed by atoms with Crippen molar-refractivity contribution in [3.63, 3.8) is 0 Å². The number of carbonyl (C=O) groups is 1. The molecule has 0 aliphatic carbocycles. The Hall–Kier alpha value is -0.220. The Kier molecular flexibility index (Phi) is 3.88. The molecule has 3 nitrogen and oxygen atoms in total. The van der Waals surface area contributed by atoms with E-state index in [4.69, 9.17) is 0 Å². The highest BCUT2D eigenvalue weighted by Crippen LogP contribution is 2.27. The highest BCUT2D eigenvalue weighted by Gasteiger charge is 2.25. The van der Waals surface area contributed by atoms with Gasteiger partial charge in [0.15, 0.2) is 0 Å². The van der Waals surface area contributed by atoms with Gasteiger partial charge in [0.1, 0.15) is 0 Å². The van der Waals surface area contributed by atoms with Crippen LogP contribution in [0.5, 0.6) is 0 Å². The predicted molar refractivity (Wildman–Crippen MR) is 48.1 cm³/mol. The molecule has 0 radical (unpaired) electrons. The van der Waals surface area contributed by atoms with Crippen molar-refractivity contribution < 1.29 is 14.6 Å². The van der Waals surface area contributed by atoms with Crippen LogP contribution < -0.4 is 0 Å². The zero-order valence-electron chi connectivity index (χ0n) is 7.16. The molecule has 0 aromatic heterocycles. The number of esters is 1. The van der Waals surface area contributed by atoms with Crippen LogP contribution in [0.15, 0.2) is 0 Å². The van der Waals surface area contributed by atoms with Gasteiger partial charge in [-0.15, -0.1) is 0 Å². The van der Waals surface area contributed by atoms with Crippen LogP contribution in [-0.4, -0.2) is 35.8 Å². The van der Waals surface area contributed by atoms with E-state index in [-0.39, 0.29) is 18.3 Å². The molecule has 2 unspecified atom stereocenters. The Balaban J connectivity index is 2.26. The molecule has 1 N–H and O–H groups in total. The third-order valence-corrected chi connectivity index (χ3v) is 3.30. The van der Waals surface area contributed by atoms with Crippen molar-refractivity contribution in [2.45, 2.75) is 18.9 Å². The van der Waals surface area contributed by atoms with Gasteiger partial charge >= 0.3 is 5.97 Å². The van der Waals surface area contributed by atoms with Crippen LogP contribution in [0.1, 0.15) is 12.8 Å². The number of ether oxygens (including phenoxy) is 1. The van der Waals surface area contributed by atoms with Gasteiger partial charge in [0.25, 0.3) is 0 Å². The zero-order chi connectivity index (χ0) is 8.97. The maximum atomic E-state index is 10.8. The lowest BCUT2D eigenvalue weighted by molar-refractivity contribution is -0.143.